The van der Waals surface area contributed by atoms with Crippen molar-refractivity contribution in [3.05, 3.63) is 101 Å². The van der Waals surface area contributed by atoms with Gasteiger partial charge in [-0.05, 0) is 35.4 Å². The predicted octanol–water partition coefficient (Wildman–Crippen LogP) is 5.79. The third-order valence-electron chi connectivity index (χ3n) is 3.53. The molecule has 0 heterocycles. The van der Waals surface area contributed by atoms with E-state index in [0.29, 0.717) is 5.02 Å². The monoisotopic (exact) mass is 338 g/mol. The zero-order chi connectivity index (χ0) is 16.1. The Morgan fingerprint density at radius 1 is 0.739 bits per heavy atom. The van der Waals surface area contributed by atoms with Gasteiger partial charge in [-0.15, -0.1) is 0 Å². The summed E-state index contributed by atoms with van der Waals surface area (Å²) in [5, 5.41) is 0.772. The van der Waals surface area contributed by atoms with Gasteiger partial charge in [-0.1, -0.05) is 84.0 Å². The van der Waals surface area contributed by atoms with Crippen molar-refractivity contribution in [2.45, 2.75) is 10.8 Å². The molecule has 0 amide bonds. The second kappa shape index (κ2) is 7.49. The van der Waals surface area contributed by atoms with Gasteiger partial charge in [0, 0.05) is 9.92 Å². The number of carbonyl (C=O) groups excluding carboxylic acids is 1. The molecule has 0 N–H and O–H groups in total. The average molecular weight is 339 g/mol. The molecular weight excluding hydrogens is 324 g/mol. The minimum absolute atomic E-state index is 0.102. The summed E-state index contributed by atoms with van der Waals surface area (Å²) >= 11 is 7.16. The maximum Gasteiger partial charge on any atom is 0.205 e. The maximum absolute atomic E-state index is 12.9. The van der Waals surface area contributed by atoms with Gasteiger partial charge in [0.15, 0.2) is 0 Å². The van der Waals surface area contributed by atoms with Crippen LogP contribution in [0.25, 0.3) is 0 Å². The van der Waals surface area contributed by atoms with E-state index in [1.165, 1.54) is 11.8 Å². The van der Waals surface area contributed by atoms with Crippen LogP contribution in [-0.4, -0.2) is 5.12 Å². The zero-order valence-corrected chi connectivity index (χ0v) is 13.9. The Morgan fingerprint density at radius 2 is 1.22 bits per heavy atom. The number of halogens is 1. The molecule has 0 unspecified atom stereocenters. The van der Waals surface area contributed by atoms with Crippen molar-refractivity contribution in [2.24, 2.45) is 0 Å². The quantitative estimate of drug-likeness (QED) is 0.560. The molecule has 3 aromatic carbocycles. The smallest absolute Gasteiger partial charge is 0.205 e. The summed E-state index contributed by atoms with van der Waals surface area (Å²) in [4.78, 5) is 13.8. The van der Waals surface area contributed by atoms with Crippen LogP contribution in [-0.2, 0) is 4.79 Å². The summed E-state index contributed by atoms with van der Waals surface area (Å²) in [5.74, 6) is -0.280. The first kappa shape index (κ1) is 15.9. The van der Waals surface area contributed by atoms with Crippen LogP contribution >= 0.6 is 23.4 Å². The molecule has 0 atom stereocenters. The molecule has 0 bridgehead atoms. The Balaban J connectivity index is 1.92. The number of hydrogen-bond donors (Lipinski definition) is 0. The van der Waals surface area contributed by atoms with Gasteiger partial charge in [-0.25, -0.2) is 0 Å². The van der Waals surface area contributed by atoms with E-state index in [1.54, 1.807) is 12.1 Å². The maximum atomic E-state index is 12.9. The van der Waals surface area contributed by atoms with E-state index < -0.39 is 0 Å². The van der Waals surface area contributed by atoms with Crippen molar-refractivity contribution in [1.82, 2.24) is 0 Å². The lowest BCUT2D eigenvalue weighted by atomic mass is 9.92. The molecule has 0 radical (unpaired) electrons. The van der Waals surface area contributed by atoms with Crippen LogP contribution in [0.15, 0.2) is 89.8 Å². The Hall–Kier alpha value is -2.03. The molecule has 0 aliphatic carbocycles. The van der Waals surface area contributed by atoms with Gasteiger partial charge < -0.3 is 0 Å². The number of rotatable bonds is 4. The van der Waals surface area contributed by atoms with Crippen molar-refractivity contribution in [3.63, 3.8) is 0 Å². The Kier molecular flexibility index (Phi) is 5.16. The van der Waals surface area contributed by atoms with E-state index >= 15 is 0 Å². The fraction of sp³-hybridized carbons (Fsp3) is 0.0500. The predicted molar refractivity (Wildman–Crippen MR) is 97.0 cm³/mol. The van der Waals surface area contributed by atoms with Crippen LogP contribution in [0.5, 0.6) is 0 Å². The topological polar surface area (TPSA) is 17.1 Å². The summed E-state index contributed by atoms with van der Waals surface area (Å²) in [6.45, 7) is 0. The molecule has 0 aromatic heterocycles. The number of benzene rings is 3. The van der Waals surface area contributed by atoms with Crippen LogP contribution in [0, 0.1) is 0 Å². The van der Waals surface area contributed by atoms with Gasteiger partial charge in [0.1, 0.15) is 0 Å². The van der Waals surface area contributed by atoms with Gasteiger partial charge in [0.25, 0.3) is 0 Å². The SMILES string of the molecule is O=C(Sc1ccc(Cl)cc1)C(c1ccccc1)c1ccccc1. The van der Waals surface area contributed by atoms with Crippen LogP contribution in [0.4, 0.5) is 0 Å². The highest BCUT2D eigenvalue weighted by Gasteiger charge is 2.23. The largest absolute Gasteiger partial charge is 0.286 e. The second-order valence-corrected chi connectivity index (χ2v) is 6.64. The third-order valence-corrected chi connectivity index (χ3v) is 4.73. The molecular formula is C20H15ClOS. The van der Waals surface area contributed by atoms with Crippen molar-refractivity contribution in [2.75, 3.05) is 0 Å². The van der Waals surface area contributed by atoms with Crippen molar-refractivity contribution in [1.29, 1.82) is 0 Å². The summed E-state index contributed by atoms with van der Waals surface area (Å²) in [6, 6.07) is 27.1. The molecule has 0 saturated heterocycles. The van der Waals surface area contributed by atoms with Gasteiger partial charge in [-0.2, -0.15) is 0 Å². The van der Waals surface area contributed by atoms with Crippen LogP contribution < -0.4 is 0 Å². The fourth-order valence-electron chi connectivity index (χ4n) is 2.43. The first-order valence-electron chi connectivity index (χ1n) is 7.31. The van der Waals surface area contributed by atoms with E-state index in [-0.39, 0.29) is 11.0 Å². The van der Waals surface area contributed by atoms with Gasteiger partial charge >= 0.3 is 0 Å². The Labute approximate surface area is 145 Å². The standard InChI is InChI=1S/C20H15ClOS/c21-17-11-13-18(14-12-17)23-20(22)19(15-7-3-1-4-8-15)16-9-5-2-6-10-16/h1-14,19H. The molecule has 3 heteroatoms. The lowest BCUT2D eigenvalue weighted by molar-refractivity contribution is -0.111. The Morgan fingerprint density at radius 3 is 1.70 bits per heavy atom. The lowest BCUT2D eigenvalue weighted by Gasteiger charge is -2.16. The van der Waals surface area contributed by atoms with Crippen LogP contribution in [0.2, 0.25) is 5.02 Å². The molecule has 1 nitrogen and oxygen atoms in total. The summed E-state index contributed by atoms with van der Waals surface area (Å²) in [5.41, 5.74) is 2.01. The van der Waals surface area contributed by atoms with E-state index in [0.717, 1.165) is 16.0 Å². The lowest BCUT2D eigenvalue weighted by Crippen LogP contribution is -2.10. The van der Waals surface area contributed by atoms with Crippen molar-refractivity contribution >= 4 is 28.5 Å². The molecule has 0 aliphatic heterocycles. The highest BCUT2D eigenvalue weighted by Crippen LogP contribution is 2.33. The molecule has 3 rings (SSSR count). The average Bonchev–Trinajstić information content (AvgIpc) is 2.59. The normalized spacial score (nSPS) is 10.7. The number of hydrogen-bond acceptors (Lipinski definition) is 2. The summed E-state index contributed by atoms with van der Waals surface area (Å²) < 4.78 is 0. The first-order valence-corrected chi connectivity index (χ1v) is 8.50. The molecule has 0 aliphatic rings. The van der Waals surface area contributed by atoms with Gasteiger partial charge in [-0.3, -0.25) is 4.79 Å². The molecule has 114 valence electrons. The summed E-state index contributed by atoms with van der Waals surface area (Å²) in [7, 11) is 0. The zero-order valence-electron chi connectivity index (χ0n) is 12.4. The van der Waals surface area contributed by atoms with E-state index in [4.69, 9.17) is 11.6 Å². The molecule has 23 heavy (non-hydrogen) atoms. The van der Waals surface area contributed by atoms with Crippen LogP contribution in [0.1, 0.15) is 17.0 Å². The fourth-order valence-corrected chi connectivity index (χ4v) is 3.45. The number of carbonyl (C=O) groups is 1. The van der Waals surface area contributed by atoms with E-state index in [2.05, 4.69) is 0 Å². The molecule has 3 aromatic rings. The molecule has 0 spiro atoms. The van der Waals surface area contributed by atoms with Crippen molar-refractivity contribution in [3.8, 4) is 0 Å². The van der Waals surface area contributed by atoms with Gasteiger partial charge in [0.05, 0.1) is 5.92 Å². The Bertz CT molecular complexity index is 730. The van der Waals surface area contributed by atoms with Gasteiger partial charge in [0.2, 0.25) is 5.12 Å². The highest BCUT2D eigenvalue weighted by atomic mass is 35.5. The summed E-state index contributed by atoms with van der Waals surface area (Å²) in [6.07, 6.45) is 0. The second-order valence-electron chi connectivity index (χ2n) is 5.13. The molecule has 0 fully saturated rings. The highest BCUT2D eigenvalue weighted by molar-refractivity contribution is 8.13. The minimum Gasteiger partial charge on any atom is -0.286 e. The van der Waals surface area contributed by atoms with Crippen LogP contribution in [0.3, 0.4) is 0 Å². The van der Waals surface area contributed by atoms with E-state index in [1.807, 2.05) is 72.8 Å². The van der Waals surface area contributed by atoms with E-state index in [9.17, 15) is 4.79 Å². The first-order chi connectivity index (χ1) is 11.2. The number of thioether (sulfide) groups is 1. The van der Waals surface area contributed by atoms with Crippen molar-refractivity contribution < 1.29 is 4.79 Å². The molecule has 0 saturated carbocycles. The third kappa shape index (κ3) is 4.04. The minimum atomic E-state index is -0.280.